The summed E-state index contributed by atoms with van der Waals surface area (Å²) in [5.74, 6) is 0. The molecule has 18 heavy (non-hydrogen) atoms. The summed E-state index contributed by atoms with van der Waals surface area (Å²) in [5, 5.41) is 7.29. The van der Waals surface area contributed by atoms with Gasteiger partial charge in [-0.1, -0.05) is 13.3 Å². The fourth-order valence-electron chi connectivity index (χ4n) is 1.39. The van der Waals surface area contributed by atoms with Gasteiger partial charge < -0.3 is 10.1 Å². The van der Waals surface area contributed by atoms with Crippen LogP contribution in [0.2, 0.25) is 0 Å². The topological polar surface area (TPSA) is 56.1 Å². The van der Waals surface area contributed by atoms with E-state index in [9.17, 15) is 4.79 Å². The van der Waals surface area contributed by atoms with Crippen LogP contribution in [0.5, 0.6) is 0 Å². The number of aromatic nitrogens is 2. The SMILES string of the molecule is CCCCn1ncc(NCC(C)OC)c(Br)c1=O. The Bertz CT molecular complexity index is 434. The summed E-state index contributed by atoms with van der Waals surface area (Å²) in [6.45, 7) is 5.33. The van der Waals surface area contributed by atoms with Crippen molar-refractivity contribution in [1.29, 1.82) is 0 Å². The maximum atomic E-state index is 12.0. The van der Waals surface area contributed by atoms with Gasteiger partial charge in [-0.15, -0.1) is 0 Å². The summed E-state index contributed by atoms with van der Waals surface area (Å²) in [5.41, 5.74) is 0.607. The summed E-state index contributed by atoms with van der Waals surface area (Å²) in [4.78, 5) is 12.0. The molecule has 1 atom stereocenters. The van der Waals surface area contributed by atoms with Crippen LogP contribution in [0.1, 0.15) is 26.7 Å². The van der Waals surface area contributed by atoms with E-state index in [0.717, 1.165) is 12.8 Å². The van der Waals surface area contributed by atoms with Crippen LogP contribution in [0.3, 0.4) is 0 Å². The monoisotopic (exact) mass is 317 g/mol. The second-order valence-corrected chi connectivity index (χ2v) is 4.97. The largest absolute Gasteiger partial charge is 0.380 e. The molecular formula is C12H20BrN3O2. The van der Waals surface area contributed by atoms with Gasteiger partial charge in [0.2, 0.25) is 0 Å². The standard InChI is InChI=1S/C12H20BrN3O2/c1-4-5-6-16-12(17)11(13)10(8-15-16)14-7-9(2)18-3/h8-9,14H,4-7H2,1-3H3. The molecule has 0 fully saturated rings. The average Bonchev–Trinajstić information content (AvgIpc) is 2.39. The Labute approximate surface area is 116 Å². The first-order chi connectivity index (χ1) is 8.60. The zero-order chi connectivity index (χ0) is 13.5. The third-order valence-electron chi connectivity index (χ3n) is 2.69. The molecular weight excluding hydrogens is 298 g/mol. The minimum absolute atomic E-state index is 0.0828. The number of methoxy groups -OCH3 is 1. The highest BCUT2D eigenvalue weighted by Crippen LogP contribution is 2.16. The first-order valence-corrected chi connectivity index (χ1v) is 6.91. The number of hydrogen-bond donors (Lipinski definition) is 1. The molecule has 0 aliphatic carbocycles. The van der Waals surface area contributed by atoms with E-state index in [2.05, 4.69) is 33.3 Å². The van der Waals surface area contributed by atoms with Gasteiger partial charge in [0.1, 0.15) is 4.47 Å². The first-order valence-electron chi connectivity index (χ1n) is 6.12. The molecule has 1 N–H and O–H groups in total. The van der Waals surface area contributed by atoms with Gasteiger partial charge in [-0.25, -0.2) is 4.68 Å². The van der Waals surface area contributed by atoms with Crippen LogP contribution in [0.15, 0.2) is 15.5 Å². The lowest BCUT2D eigenvalue weighted by Crippen LogP contribution is -2.26. The maximum Gasteiger partial charge on any atom is 0.283 e. The van der Waals surface area contributed by atoms with Crippen LogP contribution in [-0.4, -0.2) is 29.5 Å². The number of halogens is 1. The Morgan fingerprint density at radius 3 is 2.94 bits per heavy atom. The highest BCUT2D eigenvalue weighted by Gasteiger charge is 2.09. The van der Waals surface area contributed by atoms with Crippen LogP contribution >= 0.6 is 15.9 Å². The smallest absolute Gasteiger partial charge is 0.283 e. The molecule has 0 saturated carbocycles. The molecule has 1 aromatic heterocycles. The molecule has 5 nitrogen and oxygen atoms in total. The van der Waals surface area contributed by atoms with Crippen LogP contribution in [0.4, 0.5) is 5.69 Å². The zero-order valence-corrected chi connectivity index (χ0v) is 12.7. The molecule has 0 spiro atoms. The molecule has 0 saturated heterocycles. The molecule has 0 aromatic carbocycles. The molecule has 0 radical (unpaired) electrons. The second kappa shape index (κ2) is 7.53. The van der Waals surface area contributed by atoms with Crippen LogP contribution in [-0.2, 0) is 11.3 Å². The number of unbranched alkanes of at least 4 members (excludes halogenated alkanes) is 1. The minimum Gasteiger partial charge on any atom is -0.380 e. The summed E-state index contributed by atoms with van der Waals surface area (Å²) >= 11 is 3.32. The van der Waals surface area contributed by atoms with E-state index >= 15 is 0 Å². The van der Waals surface area contributed by atoms with Crippen molar-refractivity contribution in [3.05, 3.63) is 21.0 Å². The van der Waals surface area contributed by atoms with E-state index in [1.807, 2.05) is 6.92 Å². The minimum atomic E-state index is -0.0986. The molecule has 1 rings (SSSR count). The summed E-state index contributed by atoms with van der Waals surface area (Å²) in [6, 6.07) is 0. The Balaban J connectivity index is 2.77. The van der Waals surface area contributed by atoms with E-state index in [-0.39, 0.29) is 11.7 Å². The summed E-state index contributed by atoms with van der Waals surface area (Å²) < 4.78 is 7.15. The second-order valence-electron chi connectivity index (χ2n) is 4.18. The Kier molecular flexibility index (Phi) is 6.35. The van der Waals surface area contributed by atoms with Crippen molar-refractivity contribution in [3.8, 4) is 0 Å². The summed E-state index contributed by atoms with van der Waals surface area (Å²) in [6.07, 6.45) is 3.74. The molecule has 0 amide bonds. The van der Waals surface area contributed by atoms with E-state index in [4.69, 9.17) is 4.74 Å². The predicted octanol–water partition coefficient (Wildman–Crippen LogP) is 2.25. The van der Waals surface area contributed by atoms with Crippen molar-refractivity contribution >= 4 is 21.6 Å². The van der Waals surface area contributed by atoms with Crippen LogP contribution < -0.4 is 10.9 Å². The van der Waals surface area contributed by atoms with Gasteiger partial charge in [0.25, 0.3) is 5.56 Å². The molecule has 0 aliphatic heterocycles. The van der Waals surface area contributed by atoms with Gasteiger partial charge in [0.15, 0.2) is 0 Å². The van der Waals surface area contributed by atoms with E-state index in [0.29, 0.717) is 23.2 Å². The number of hydrogen-bond acceptors (Lipinski definition) is 4. The first kappa shape index (κ1) is 15.2. The fraction of sp³-hybridized carbons (Fsp3) is 0.667. The van der Waals surface area contributed by atoms with Gasteiger partial charge in [-0.3, -0.25) is 4.79 Å². The van der Waals surface area contributed by atoms with E-state index in [1.165, 1.54) is 4.68 Å². The lowest BCUT2D eigenvalue weighted by atomic mass is 10.3. The summed E-state index contributed by atoms with van der Waals surface area (Å²) in [7, 11) is 1.66. The Morgan fingerprint density at radius 1 is 1.61 bits per heavy atom. The van der Waals surface area contributed by atoms with Crippen molar-refractivity contribution in [2.75, 3.05) is 19.0 Å². The van der Waals surface area contributed by atoms with Gasteiger partial charge in [0, 0.05) is 20.2 Å². The molecule has 0 aliphatic rings. The lowest BCUT2D eigenvalue weighted by Gasteiger charge is -2.13. The van der Waals surface area contributed by atoms with Gasteiger partial charge in [0.05, 0.1) is 18.0 Å². The van der Waals surface area contributed by atoms with Crippen molar-refractivity contribution in [3.63, 3.8) is 0 Å². The van der Waals surface area contributed by atoms with E-state index < -0.39 is 0 Å². The van der Waals surface area contributed by atoms with Gasteiger partial charge in [-0.05, 0) is 29.3 Å². The van der Waals surface area contributed by atoms with Crippen LogP contribution in [0, 0.1) is 0 Å². The maximum absolute atomic E-state index is 12.0. The van der Waals surface area contributed by atoms with E-state index in [1.54, 1.807) is 13.3 Å². The molecule has 0 bridgehead atoms. The number of nitrogens with one attached hydrogen (secondary N) is 1. The van der Waals surface area contributed by atoms with Gasteiger partial charge >= 0.3 is 0 Å². The zero-order valence-electron chi connectivity index (χ0n) is 11.1. The number of ether oxygens (including phenoxy) is 1. The van der Waals surface area contributed by atoms with Crippen molar-refractivity contribution in [2.45, 2.75) is 39.3 Å². The molecule has 1 unspecified atom stereocenters. The average molecular weight is 318 g/mol. The number of aryl methyl sites for hydroxylation is 1. The molecule has 6 heteroatoms. The number of nitrogens with zero attached hydrogens (tertiary/aromatic N) is 2. The quantitative estimate of drug-likeness (QED) is 0.838. The number of rotatable bonds is 7. The van der Waals surface area contributed by atoms with Crippen molar-refractivity contribution in [1.82, 2.24) is 9.78 Å². The molecule has 1 aromatic rings. The van der Waals surface area contributed by atoms with Crippen LogP contribution in [0.25, 0.3) is 0 Å². The molecule has 102 valence electrons. The third kappa shape index (κ3) is 4.10. The lowest BCUT2D eigenvalue weighted by molar-refractivity contribution is 0.129. The highest BCUT2D eigenvalue weighted by atomic mass is 79.9. The van der Waals surface area contributed by atoms with Crippen molar-refractivity contribution in [2.24, 2.45) is 0 Å². The Morgan fingerprint density at radius 2 is 2.33 bits per heavy atom. The fourth-order valence-corrected chi connectivity index (χ4v) is 1.84. The molecule has 1 heterocycles. The highest BCUT2D eigenvalue weighted by molar-refractivity contribution is 9.10. The third-order valence-corrected chi connectivity index (χ3v) is 3.46. The normalized spacial score (nSPS) is 12.4. The van der Waals surface area contributed by atoms with Crippen molar-refractivity contribution < 1.29 is 4.74 Å². The van der Waals surface area contributed by atoms with Gasteiger partial charge in [-0.2, -0.15) is 5.10 Å². The number of anilines is 1. The predicted molar refractivity (Wildman–Crippen MR) is 76.1 cm³/mol. The Hall–Kier alpha value is -0.880.